The summed E-state index contributed by atoms with van der Waals surface area (Å²) in [6, 6.07) is 4.63. The molecule has 0 aromatic heterocycles. The van der Waals surface area contributed by atoms with Crippen LogP contribution in [-0.2, 0) is 14.3 Å². The fourth-order valence-electron chi connectivity index (χ4n) is 3.69. The Kier molecular flexibility index (Phi) is 12.6. The van der Waals surface area contributed by atoms with E-state index in [-0.39, 0.29) is 23.5 Å². The zero-order valence-electron chi connectivity index (χ0n) is 22.5. The fourth-order valence-corrected chi connectivity index (χ4v) is 3.69. The monoisotopic (exact) mass is 491 g/mol. The third-order valence-corrected chi connectivity index (χ3v) is 5.31. The number of aromatic hydroxyl groups is 1. The molecular formula is C27H45N3O5. The van der Waals surface area contributed by atoms with Gasteiger partial charge in [-0.3, -0.25) is 9.59 Å². The molecule has 2 unspecified atom stereocenters. The summed E-state index contributed by atoms with van der Waals surface area (Å²) in [6.07, 6.45) is 2.97. The van der Waals surface area contributed by atoms with Crippen LogP contribution >= 0.6 is 0 Å². The molecule has 0 saturated carbocycles. The molecule has 0 saturated heterocycles. The molecule has 0 spiro atoms. The highest BCUT2D eigenvalue weighted by atomic mass is 16.6. The lowest BCUT2D eigenvalue weighted by atomic mass is 9.98. The lowest BCUT2D eigenvalue weighted by Gasteiger charge is -2.35. The molecule has 0 fully saturated rings. The molecule has 0 aliphatic heterocycles. The van der Waals surface area contributed by atoms with E-state index in [0.717, 1.165) is 19.3 Å². The first-order valence-electron chi connectivity index (χ1n) is 12.8. The predicted octanol–water partition coefficient (Wildman–Crippen LogP) is 4.92. The zero-order valence-corrected chi connectivity index (χ0v) is 22.5. The maximum Gasteiger partial charge on any atom is 0.408 e. The minimum Gasteiger partial charge on any atom is -0.508 e. The standard InChI is InChI=1S/C27H45N3O5/c1-8-10-15-28-24(32)23(20-13-12-14-21(31)18-20)30(16-11-9-2)25(33)22(17-19(3)4)29-26(34)35-27(5,6)7/h12-14,18-19,22-23,31H,8-11,15-17H2,1-7H3,(H,28,32)(H,29,34). The quantitative estimate of drug-likeness (QED) is 0.340. The third kappa shape index (κ3) is 11.0. The number of nitrogens with one attached hydrogen (secondary N) is 2. The summed E-state index contributed by atoms with van der Waals surface area (Å²) in [4.78, 5) is 41.4. The Morgan fingerprint density at radius 3 is 2.29 bits per heavy atom. The predicted molar refractivity (Wildman–Crippen MR) is 138 cm³/mol. The number of alkyl carbamates (subject to hydrolysis) is 1. The Morgan fingerprint density at radius 2 is 1.74 bits per heavy atom. The fraction of sp³-hybridized carbons (Fsp3) is 0.667. The van der Waals surface area contributed by atoms with Crippen molar-refractivity contribution in [3.63, 3.8) is 0 Å². The Labute approximate surface area is 210 Å². The summed E-state index contributed by atoms with van der Waals surface area (Å²) < 4.78 is 5.40. The Hall–Kier alpha value is -2.77. The maximum absolute atomic E-state index is 13.9. The van der Waals surface area contributed by atoms with Crippen LogP contribution in [0, 0.1) is 5.92 Å². The van der Waals surface area contributed by atoms with Crippen molar-refractivity contribution < 1.29 is 24.2 Å². The van der Waals surface area contributed by atoms with Crippen LogP contribution < -0.4 is 10.6 Å². The molecule has 3 amide bonds. The van der Waals surface area contributed by atoms with Gasteiger partial charge in [0.2, 0.25) is 11.8 Å². The van der Waals surface area contributed by atoms with Gasteiger partial charge in [-0.1, -0.05) is 52.7 Å². The molecular weight excluding hydrogens is 446 g/mol. The highest BCUT2D eigenvalue weighted by Crippen LogP contribution is 2.27. The van der Waals surface area contributed by atoms with Crippen LogP contribution in [0.5, 0.6) is 5.75 Å². The number of ether oxygens (including phenoxy) is 1. The van der Waals surface area contributed by atoms with E-state index in [4.69, 9.17) is 4.74 Å². The van der Waals surface area contributed by atoms with Gasteiger partial charge in [0.15, 0.2) is 0 Å². The highest BCUT2D eigenvalue weighted by molar-refractivity contribution is 5.92. The van der Waals surface area contributed by atoms with Gasteiger partial charge in [-0.25, -0.2) is 4.79 Å². The number of rotatable bonds is 13. The van der Waals surface area contributed by atoms with Crippen LogP contribution in [0.4, 0.5) is 4.79 Å². The molecule has 35 heavy (non-hydrogen) atoms. The minimum atomic E-state index is -0.937. The summed E-state index contributed by atoms with van der Waals surface area (Å²) in [5.74, 6) is -0.530. The molecule has 2 atom stereocenters. The topological polar surface area (TPSA) is 108 Å². The Morgan fingerprint density at radius 1 is 1.09 bits per heavy atom. The third-order valence-electron chi connectivity index (χ3n) is 5.31. The number of benzene rings is 1. The Bertz CT molecular complexity index is 819. The molecule has 1 rings (SSSR count). The number of phenols is 1. The second-order valence-electron chi connectivity index (χ2n) is 10.4. The van der Waals surface area contributed by atoms with Crippen LogP contribution in [0.3, 0.4) is 0 Å². The number of carbonyl (C=O) groups excluding carboxylic acids is 3. The van der Waals surface area contributed by atoms with Crippen molar-refractivity contribution in [2.45, 2.75) is 98.3 Å². The second-order valence-corrected chi connectivity index (χ2v) is 10.4. The van der Waals surface area contributed by atoms with Crippen LogP contribution in [0.15, 0.2) is 24.3 Å². The lowest BCUT2D eigenvalue weighted by Crippen LogP contribution is -2.53. The van der Waals surface area contributed by atoms with Crippen molar-refractivity contribution in [2.75, 3.05) is 13.1 Å². The minimum absolute atomic E-state index is 0.0161. The lowest BCUT2D eigenvalue weighted by molar-refractivity contribution is -0.143. The average molecular weight is 492 g/mol. The van der Waals surface area contributed by atoms with E-state index in [1.165, 1.54) is 17.0 Å². The van der Waals surface area contributed by atoms with E-state index >= 15 is 0 Å². The molecule has 8 nitrogen and oxygen atoms in total. The van der Waals surface area contributed by atoms with E-state index in [9.17, 15) is 19.5 Å². The molecule has 0 bridgehead atoms. The van der Waals surface area contributed by atoms with E-state index in [2.05, 4.69) is 10.6 Å². The maximum atomic E-state index is 13.9. The molecule has 0 radical (unpaired) electrons. The first-order chi connectivity index (χ1) is 16.4. The highest BCUT2D eigenvalue weighted by Gasteiger charge is 2.36. The molecule has 3 N–H and O–H groups in total. The van der Waals surface area contributed by atoms with Gasteiger partial charge in [0.25, 0.3) is 0 Å². The molecule has 198 valence electrons. The van der Waals surface area contributed by atoms with Crippen LogP contribution in [0.25, 0.3) is 0 Å². The molecule has 8 heteroatoms. The number of phenolic OH excluding ortho intramolecular Hbond substituents is 1. The van der Waals surface area contributed by atoms with Crippen molar-refractivity contribution in [3.8, 4) is 5.75 Å². The second kappa shape index (κ2) is 14.6. The number of hydrogen-bond donors (Lipinski definition) is 3. The average Bonchev–Trinajstić information content (AvgIpc) is 2.74. The van der Waals surface area contributed by atoms with Crippen LogP contribution in [-0.4, -0.2) is 52.6 Å². The van der Waals surface area contributed by atoms with Gasteiger partial charge in [0.1, 0.15) is 23.4 Å². The molecule has 0 aliphatic carbocycles. The van der Waals surface area contributed by atoms with Gasteiger partial charge in [0, 0.05) is 13.1 Å². The van der Waals surface area contributed by atoms with E-state index in [0.29, 0.717) is 31.5 Å². The van der Waals surface area contributed by atoms with Crippen LogP contribution in [0.2, 0.25) is 0 Å². The van der Waals surface area contributed by atoms with Gasteiger partial charge in [-0.05, 0) is 63.6 Å². The van der Waals surface area contributed by atoms with Gasteiger partial charge >= 0.3 is 6.09 Å². The van der Waals surface area contributed by atoms with Crippen molar-refractivity contribution in [3.05, 3.63) is 29.8 Å². The summed E-state index contributed by atoms with van der Waals surface area (Å²) >= 11 is 0. The summed E-state index contributed by atoms with van der Waals surface area (Å²) in [5.41, 5.74) is -0.190. The van der Waals surface area contributed by atoms with Crippen molar-refractivity contribution in [2.24, 2.45) is 5.92 Å². The van der Waals surface area contributed by atoms with Gasteiger partial charge in [-0.2, -0.15) is 0 Å². The summed E-state index contributed by atoms with van der Waals surface area (Å²) in [5, 5.41) is 15.8. The van der Waals surface area contributed by atoms with Crippen LogP contribution in [0.1, 0.15) is 92.2 Å². The summed E-state index contributed by atoms with van der Waals surface area (Å²) in [7, 11) is 0. The number of hydrogen-bond acceptors (Lipinski definition) is 5. The first-order valence-corrected chi connectivity index (χ1v) is 12.8. The smallest absolute Gasteiger partial charge is 0.408 e. The van der Waals surface area contributed by atoms with E-state index < -0.39 is 23.8 Å². The molecule has 0 aliphatic rings. The first kappa shape index (κ1) is 30.3. The molecule has 0 heterocycles. The van der Waals surface area contributed by atoms with Gasteiger partial charge in [0.05, 0.1) is 0 Å². The van der Waals surface area contributed by atoms with Crippen molar-refractivity contribution >= 4 is 17.9 Å². The van der Waals surface area contributed by atoms with Gasteiger partial charge in [-0.15, -0.1) is 0 Å². The number of carbonyl (C=O) groups is 3. The summed E-state index contributed by atoms with van der Waals surface area (Å²) in [6.45, 7) is 14.1. The number of unbranched alkanes of at least 4 members (excludes halogenated alkanes) is 2. The zero-order chi connectivity index (χ0) is 26.6. The van der Waals surface area contributed by atoms with Crippen molar-refractivity contribution in [1.29, 1.82) is 0 Å². The van der Waals surface area contributed by atoms with Crippen molar-refractivity contribution in [1.82, 2.24) is 15.5 Å². The molecule has 1 aromatic carbocycles. The van der Waals surface area contributed by atoms with Gasteiger partial charge < -0.3 is 25.4 Å². The SMILES string of the molecule is CCCCNC(=O)C(c1cccc(O)c1)N(CCCC)C(=O)C(CC(C)C)NC(=O)OC(C)(C)C. The molecule has 1 aromatic rings. The Balaban J connectivity index is 3.41. The van der Waals surface area contributed by atoms with E-state index in [1.54, 1.807) is 32.9 Å². The number of amides is 3. The largest absolute Gasteiger partial charge is 0.508 e. The van der Waals surface area contributed by atoms with E-state index in [1.807, 2.05) is 27.7 Å². The number of nitrogens with zero attached hydrogens (tertiary/aromatic N) is 1. The normalized spacial score (nSPS) is 13.1.